The second-order valence-electron chi connectivity index (χ2n) is 6.62. The van der Waals surface area contributed by atoms with Crippen molar-refractivity contribution in [2.24, 2.45) is 0 Å². The van der Waals surface area contributed by atoms with Crippen LogP contribution in [0.25, 0.3) is 0 Å². The molecule has 0 unspecified atom stereocenters. The molecule has 1 heterocycles. The summed E-state index contributed by atoms with van der Waals surface area (Å²) in [6.07, 6.45) is 1.08. The van der Waals surface area contributed by atoms with Crippen LogP contribution in [0, 0.1) is 6.92 Å². The fraction of sp³-hybridized carbons (Fsp3) is 0.400. The summed E-state index contributed by atoms with van der Waals surface area (Å²) >= 11 is 0. The third kappa shape index (κ3) is 3.86. The van der Waals surface area contributed by atoms with Gasteiger partial charge in [0.2, 0.25) is 0 Å². The monoisotopic (exact) mass is 374 g/mol. The summed E-state index contributed by atoms with van der Waals surface area (Å²) in [6.45, 7) is 9.14. The molecule has 5 nitrogen and oxygen atoms in total. The van der Waals surface area contributed by atoms with E-state index in [0.29, 0.717) is 18.0 Å². The molecule has 0 atom stereocenters. The minimum absolute atomic E-state index is 0.250. The van der Waals surface area contributed by atoms with Gasteiger partial charge in [0.15, 0.2) is 0 Å². The fourth-order valence-electron chi connectivity index (χ4n) is 3.37. The predicted molar refractivity (Wildman–Crippen MR) is 104 cm³/mol. The number of anilines is 1. The van der Waals surface area contributed by atoms with E-state index in [2.05, 4.69) is 22.6 Å². The molecule has 0 saturated heterocycles. The van der Waals surface area contributed by atoms with Crippen LogP contribution in [0.3, 0.4) is 0 Å². The van der Waals surface area contributed by atoms with Gasteiger partial charge in [0, 0.05) is 13.1 Å². The molecule has 1 N–H and O–H groups in total. The number of hydrogen-bond acceptors (Lipinski definition) is 4. The van der Waals surface area contributed by atoms with Crippen molar-refractivity contribution >= 4 is 15.7 Å². The van der Waals surface area contributed by atoms with Crippen molar-refractivity contribution in [3.05, 3.63) is 53.1 Å². The molecule has 2 aromatic rings. The number of aryl methyl sites for hydroxylation is 1. The topological polar surface area (TPSA) is 58.6 Å². The predicted octanol–water partition coefficient (Wildman–Crippen LogP) is 3.92. The normalized spacial score (nSPS) is 14.3. The van der Waals surface area contributed by atoms with Crippen molar-refractivity contribution in [1.82, 2.24) is 4.90 Å². The molecular weight excluding hydrogens is 348 g/mol. The molecule has 1 aliphatic rings. The maximum absolute atomic E-state index is 12.9. The zero-order valence-electron chi connectivity index (χ0n) is 15.6. The lowest BCUT2D eigenvalue weighted by molar-refractivity contribution is 0.285. The Morgan fingerprint density at radius 3 is 2.65 bits per heavy atom. The lowest BCUT2D eigenvalue weighted by atomic mass is 10.1. The van der Waals surface area contributed by atoms with Gasteiger partial charge in [0.25, 0.3) is 10.0 Å². The number of ether oxygens (including phenoxy) is 1. The molecule has 0 radical (unpaired) electrons. The first kappa shape index (κ1) is 18.7. The van der Waals surface area contributed by atoms with E-state index in [-0.39, 0.29) is 4.90 Å². The van der Waals surface area contributed by atoms with Gasteiger partial charge in [-0.2, -0.15) is 0 Å². The number of nitrogens with one attached hydrogen (secondary N) is 1. The molecule has 0 spiro atoms. The zero-order valence-corrected chi connectivity index (χ0v) is 16.4. The summed E-state index contributed by atoms with van der Waals surface area (Å²) in [5.41, 5.74) is 3.75. The van der Waals surface area contributed by atoms with Gasteiger partial charge >= 0.3 is 0 Å². The second kappa shape index (κ2) is 7.68. The zero-order chi connectivity index (χ0) is 18.7. The van der Waals surface area contributed by atoms with Crippen LogP contribution in [-0.2, 0) is 23.1 Å². The Bertz CT molecular complexity index is 894. The SMILES string of the molecule is CCCN1Cc2cccc(NS(=O)(=O)c3ccc(OCC)c(C)c3)c2C1. The van der Waals surface area contributed by atoms with Crippen molar-refractivity contribution in [1.29, 1.82) is 0 Å². The summed E-state index contributed by atoms with van der Waals surface area (Å²) in [7, 11) is -3.64. The minimum atomic E-state index is -3.64. The van der Waals surface area contributed by atoms with E-state index in [9.17, 15) is 8.42 Å². The van der Waals surface area contributed by atoms with Crippen LogP contribution in [0.1, 0.15) is 37.0 Å². The van der Waals surface area contributed by atoms with Crippen LogP contribution in [0.2, 0.25) is 0 Å². The molecule has 0 aliphatic carbocycles. The van der Waals surface area contributed by atoms with E-state index in [1.54, 1.807) is 18.2 Å². The highest BCUT2D eigenvalue weighted by molar-refractivity contribution is 7.92. The summed E-state index contributed by atoms with van der Waals surface area (Å²) in [5.74, 6) is 0.710. The van der Waals surface area contributed by atoms with Crippen LogP contribution in [0.5, 0.6) is 5.75 Å². The van der Waals surface area contributed by atoms with Crippen LogP contribution in [0.15, 0.2) is 41.3 Å². The summed E-state index contributed by atoms with van der Waals surface area (Å²) in [4.78, 5) is 2.59. The Labute approximate surface area is 156 Å². The van der Waals surface area contributed by atoms with Crippen molar-refractivity contribution in [2.45, 2.75) is 45.2 Å². The molecule has 140 valence electrons. The highest BCUT2D eigenvalue weighted by atomic mass is 32.2. The maximum Gasteiger partial charge on any atom is 0.261 e. The van der Waals surface area contributed by atoms with Gasteiger partial charge in [-0.25, -0.2) is 8.42 Å². The van der Waals surface area contributed by atoms with Gasteiger partial charge in [-0.3, -0.25) is 9.62 Å². The number of fused-ring (bicyclic) bond motifs is 1. The molecule has 2 aromatic carbocycles. The summed E-state index contributed by atoms with van der Waals surface area (Å²) < 4.78 is 34.0. The molecule has 0 aromatic heterocycles. The lowest BCUT2D eigenvalue weighted by Gasteiger charge is -2.14. The summed E-state index contributed by atoms with van der Waals surface area (Å²) in [6, 6.07) is 10.8. The number of nitrogens with zero attached hydrogens (tertiary/aromatic N) is 1. The summed E-state index contributed by atoms with van der Waals surface area (Å²) in [5, 5.41) is 0. The Kier molecular flexibility index (Phi) is 5.53. The number of rotatable bonds is 7. The van der Waals surface area contributed by atoms with E-state index >= 15 is 0 Å². The Hall–Kier alpha value is -2.05. The molecule has 6 heteroatoms. The second-order valence-corrected chi connectivity index (χ2v) is 8.30. The largest absolute Gasteiger partial charge is 0.494 e. The standard InChI is InChI=1S/C20H26N2O3S/c1-4-11-22-13-16-7-6-8-19(18(16)14-22)21-26(23,24)17-9-10-20(25-5-2)15(3)12-17/h6-10,12,21H,4-5,11,13-14H2,1-3H3. The van der Waals surface area contributed by atoms with Gasteiger partial charge in [0.05, 0.1) is 17.2 Å². The van der Waals surface area contributed by atoms with Gasteiger partial charge in [0.1, 0.15) is 5.75 Å². The van der Waals surface area contributed by atoms with Crippen LogP contribution >= 0.6 is 0 Å². The van der Waals surface area contributed by atoms with E-state index in [1.165, 1.54) is 5.56 Å². The molecule has 0 saturated carbocycles. The average molecular weight is 375 g/mol. The quantitative estimate of drug-likeness (QED) is 0.798. The van der Waals surface area contributed by atoms with Gasteiger partial charge in [-0.05, 0) is 67.8 Å². The lowest BCUT2D eigenvalue weighted by Crippen LogP contribution is -2.17. The molecule has 3 rings (SSSR count). The molecular formula is C20H26N2O3S. The molecule has 0 bridgehead atoms. The Balaban J connectivity index is 1.86. The number of sulfonamides is 1. The van der Waals surface area contributed by atoms with Crippen LogP contribution in [-0.4, -0.2) is 26.5 Å². The molecule has 1 aliphatic heterocycles. The van der Waals surface area contributed by atoms with Crippen molar-refractivity contribution < 1.29 is 13.2 Å². The van der Waals surface area contributed by atoms with E-state index in [4.69, 9.17) is 4.74 Å². The Morgan fingerprint density at radius 1 is 1.15 bits per heavy atom. The highest BCUT2D eigenvalue weighted by Gasteiger charge is 2.24. The van der Waals surface area contributed by atoms with Crippen molar-refractivity contribution in [3.63, 3.8) is 0 Å². The third-order valence-electron chi connectivity index (χ3n) is 4.59. The number of hydrogen-bond donors (Lipinski definition) is 1. The Morgan fingerprint density at radius 2 is 1.96 bits per heavy atom. The molecule has 0 fully saturated rings. The van der Waals surface area contributed by atoms with Crippen molar-refractivity contribution in [2.75, 3.05) is 17.9 Å². The van der Waals surface area contributed by atoms with Crippen molar-refractivity contribution in [3.8, 4) is 5.75 Å². The maximum atomic E-state index is 12.9. The first-order chi connectivity index (χ1) is 12.4. The van der Waals surface area contributed by atoms with Gasteiger partial charge in [-0.1, -0.05) is 19.1 Å². The van der Waals surface area contributed by atoms with Gasteiger partial charge < -0.3 is 4.74 Å². The van der Waals surface area contributed by atoms with E-state index < -0.39 is 10.0 Å². The smallest absolute Gasteiger partial charge is 0.261 e. The molecule has 0 amide bonds. The van der Waals surface area contributed by atoms with Gasteiger partial charge in [-0.15, -0.1) is 0 Å². The first-order valence-corrected chi connectivity index (χ1v) is 10.5. The first-order valence-electron chi connectivity index (χ1n) is 9.04. The van der Waals surface area contributed by atoms with Crippen LogP contribution < -0.4 is 9.46 Å². The molecule has 26 heavy (non-hydrogen) atoms. The number of benzene rings is 2. The third-order valence-corrected chi connectivity index (χ3v) is 5.95. The average Bonchev–Trinajstić information content (AvgIpc) is 3.00. The highest BCUT2D eigenvalue weighted by Crippen LogP contribution is 2.31. The van der Waals surface area contributed by atoms with E-state index in [1.807, 2.05) is 26.0 Å². The fourth-order valence-corrected chi connectivity index (χ4v) is 4.55. The minimum Gasteiger partial charge on any atom is -0.494 e. The van der Waals surface area contributed by atoms with E-state index in [0.717, 1.165) is 37.2 Å². The van der Waals surface area contributed by atoms with Crippen LogP contribution in [0.4, 0.5) is 5.69 Å².